The van der Waals surface area contributed by atoms with Gasteiger partial charge in [0.25, 0.3) is 0 Å². The maximum absolute atomic E-state index is 9.07. The standard InChI is InChI=1S/C15H21N3O2S/c1-11-6-4-7-12(2)14(11)20-8-5-9-21-15-17-16-13(10-19)18(15)3/h4,6-7,19H,5,8-10H2,1-3H3. The first-order valence-corrected chi connectivity index (χ1v) is 7.93. The molecule has 0 spiro atoms. The Morgan fingerprint density at radius 3 is 2.57 bits per heavy atom. The quantitative estimate of drug-likeness (QED) is 0.629. The molecule has 0 aliphatic carbocycles. The Morgan fingerprint density at radius 2 is 1.95 bits per heavy atom. The van der Waals surface area contributed by atoms with Gasteiger partial charge in [0.2, 0.25) is 0 Å². The monoisotopic (exact) mass is 307 g/mol. The fourth-order valence-electron chi connectivity index (χ4n) is 2.03. The van der Waals surface area contributed by atoms with Crippen molar-refractivity contribution in [1.82, 2.24) is 14.8 Å². The minimum atomic E-state index is -0.0836. The number of nitrogens with zero attached hydrogens (tertiary/aromatic N) is 3. The number of aromatic nitrogens is 3. The van der Waals surface area contributed by atoms with E-state index in [0.717, 1.165) is 23.1 Å². The molecular weight excluding hydrogens is 286 g/mol. The van der Waals surface area contributed by atoms with Crippen LogP contribution in [0.5, 0.6) is 5.75 Å². The third kappa shape index (κ3) is 3.98. The van der Waals surface area contributed by atoms with Crippen LogP contribution >= 0.6 is 11.8 Å². The fraction of sp³-hybridized carbons (Fsp3) is 0.467. The van der Waals surface area contributed by atoms with Gasteiger partial charge >= 0.3 is 0 Å². The van der Waals surface area contributed by atoms with Crippen molar-refractivity contribution in [3.05, 3.63) is 35.2 Å². The van der Waals surface area contributed by atoms with Crippen LogP contribution in [0.2, 0.25) is 0 Å². The van der Waals surface area contributed by atoms with Crippen LogP contribution in [-0.2, 0) is 13.7 Å². The number of hydrogen-bond acceptors (Lipinski definition) is 5. The van der Waals surface area contributed by atoms with Crippen molar-refractivity contribution in [3.8, 4) is 5.75 Å². The van der Waals surface area contributed by atoms with Crippen LogP contribution in [0.25, 0.3) is 0 Å². The molecule has 2 rings (SSSR count). The minimum absolute atomic E-state index is 0.0836. The molecule has 0 aliphatic heterocycles. The minimum Gasteiger partial charge on any atom is -0.493 e. The molecule has 0 bridgehead atoms. The van der Waals surface area contributed by atoms with Gasteiger partial charge in [-0.3, -0.25) is 0 Å². The summed E-state index contributed by atoms with van der Waals surface area (Å²) < 4.78 is 7.68. The van der Waals surface area contributed by atoms with E-state index >= 15 is 0 Å². The number of rotatable bonds is 7. The number of aliphatic hydroxyl groups is 1. The number of aliphatic hydroxyl groups excluding tert-OH is 1. The summed E-state index contributed by atoms with van der Waals surface area (Å²) in [5.41, 5.74) is 2.34. The summed E-state index contributed by atoms with van der Waals surface area (Å²) in [6, 6.07) is 6.17. The van der Waals surface area contributed by atoms with Crippen LogP contribution in [0.15, 0.2) is 23.4 Å². The predicted octanol–water partition coefficient (Wildman–Crippen LogP) is 2.49. The van der Waals surface area contributed by atoms with E-state index in [-0.39, 0.29) is 6.61 Å². The van der Waals surface area contributed by atoms with Crippen molar-refractivity contribution in [2.24, 2.45) is 7.05 Å². The molecular formula is C15H21N3O2S. The third-order valence-corrected chi connectivity index (χ3v) is 4.35. The second-order valence-corrected chi connectivity index (χ2v) is 5.95. The van der Waals surface area contributed by atoms with Crippen molar-refractivity contribution in [2.45, 2.75) is 32.0 Å². The highest BCUT2D eigenvalue weighted by molar-refractivity contribution is 7.99. The summed E-state index contributed by atoms with van der Waals surface area (Å²) in [6.07, 6.45) is 0.930. The maximum atomic E-state index is 9.07. The molecule has 0 fully saturated rings. The molecule has 0 radical (unpaired) electrons. The van der Waals surface area contributed by atoms with Crippen molar-refractivity contribution < 1.29 is 9.84 Å². The fourth-order valence-corrected chi connectivity index (χ4v) is 2.87. The molecule has 0 amide bonds. The maximum Gasteiger partial charge on any atom is 0.191 e. The number of para-hydroxylation sites is 1. The van der Waals surface area contributed by atoms with Crippen molar-refractivity contribution in [1.29, 1.82) is 0 Å². The summed E-state index contributed by atoms with van der Waals surface area (Å²) in [7, 11) is 1.86. The van der Waals surface area contributed by atoms with E-state index in [1.165, 1.54) is 11.1 Å². The molecule has 114 valence electrons. The Labute approximate surface area is 129 Å². The topological polar surface area (TPSA) is 60.2 Å². The number of aryl methyl sites for hydroxylation is 2. The summed E-state index contributed by atoms with van der Waals surface area (Å²) in [5, 5.41) is 17.9. The third-order valence-electron chi connectivity index (χ3n) is 3.24. The Hall–Kier alpha value is -1.53. The normalized spacial score (nSPS) is 10.9. The molecule has 5 nitrogen and oxygen atoms in total. The molecule has 21 heavy (non-hydrogen) atoms. The van der Waals surface area contributed by atoms with Gasteiger partial charge < -0.3 is 14.4 Å². The number of benzene rings is 1. The highest BCUT2D eigenvalue weighted by Crippen LogP contribution is 2.23. The summed E-state index contributed by atoms with van der Waals surface area (Å²) >= 11 is 1.63. The zero-order chi connectivity index (χ0) is 15.2. The number of ether oxygens (including phenoxy) is 1. The van der Waals surface area contributed by atoms with Crippen LogP contribution in [-0.4, -0.2) is 32.2 Å². The summed E-state index contributed by atoms with van der Waals surface area (Å²) in [5.74, 6) is 2.48. The van der Waals surface area contributed by atoms with Gasteiger partial charge in [-0.25, -0.2) is 0 Å². The molecule has 6 heteroatoms. The second kappa shape index (κ2) is 7.47. The van der Waals surface area contributed by atoms with E-state index in [1.807, 2.05) is 17.7 Å². The molecule has 0 saturated heterocycles. The molecule has 2 aromatic rings. The van der Waals surface area contributed by atoms with Gasteiger partial charge in [-0.1, -0.05) is 30.0 Å². The largest absolute Gasteiger partial charge is 0.493 e. The predicted molar refractivity (Wildman–Crippen MR) is 83.7 cm³/mol. The van der Waals surface area contributed by atoms with E-state index in [0.29, 0.717) is 12.4 Å². The van der Waals surface area contributed by atoms with Gasteiger partial charge in [0, 0.05) is 12.8 Å². The lowest BCUT2D eigenvalue weighted by Gasteiger charge is -2.11. The van der Waals surface area contributed by atoms with Crippen LogP contribution in [0.4, 0.5) is 0 Å². The molecule has 0 atom stereocenters. The molecule has 0 aliphatic rings. The molecule has 1 aromatic heterocycles. The van der Waals surface area contributed by atoms with E-state index in [9.17, 15) is 0 Å². The number of thioether (sulfide) groups is 1. The van der Waals surface area contributed by atoms with Crippen molar-refractivity contribution in [2.75, 3.05) is 12.4 Å². The second-order valence-electron chi connectivity index (χ2n) is 4.89. The average molecular weight is 307 g/mol. The highest BCUT2D eigenvalue weighted by atomic mass is 32.2. The molecule has 1 aromatic carbocycles. The lowest BCUT2D eigenvalue weighted by Crippen LogP contribution is -2.03. The lowest BCUT2D eigenvalue weighted by atomic mass is 10.1. The van der Waals surface area contributed by atoms with Gasteiger partial charge in [-0.05, 0) is 31.4 Å². The smallest absolute Gasteiger partial charge is 0.191 e. The van der Waals surface area contributed by atoms with Crippen LogP contribution in [0.1, 0.15) is 23.4 Å². The first-order chi connectivity index (χ1) is 10.1. The zero-order valence-electron chi connectivity index (χ0n) is 12.7. The molecule has 1 heterocycles. The lowest BCUT2D eigenvalue weighted by molar-refractivity contribution is 0.266. The Morgan fingerprint density at radius 1 is 1.24 bits per heavy atom. The van der Waals surface area contributed by atoms with Crippen LogP contribution < -0.4 is 4.74 Å². The first kappa shape index (κ1) is 15.9. The Bertz CT molecular complexity index is 578. The van der Waals surface area contributed by atoms with Crippen molar-refractivity contribution >= 4 is 11.8 Å². The molecule has 1 N–H and O–H groups in total. The van der Waals surface area contributed by atoms with Crippen LogP contribution in [0, 0.1) is 13.8 Å². The van der Waals surface area contributed by atoms with Crippen molar-refractivity contribution in [3.63, 3.8) is 0 Å². The SMILES string of the molecule is Cc1cccc(C)c1OCCCSc1nnc(CO)n1C. The molecule has 0 saturated carbocycles. The average Bonchev–Trinajstić information content (AvgIpc) is 2.82. The van der Waals surface area contributed by atoms with Gasteiger partial charge in [-0.15, -0.1) is 10.2 Å². The van der Waals surface area contributed by atoms with E-state index in [1.54, 1.807) is 11.8 Å². The molecule has 0 unspecified atom stereocenters. The summed E-state index contributed by atoms with van der Waals surface area (Å²) in [4.78, 5) is 0. The van der Waals surface area contributed by atoms with Gasteiger partial charge in [0.05, 0.1) is 6.61 Å². The van der Waals surface area contributed by atoms with E-state index < -0.39 is 0 Å². The first-order valence-electron chi connectivity index (χ1n) is 6.94. The van der Waals surface area contributed by atoms with Gasteiger partial charge in [-0.2, -0.15) is 0 Å². The van der Waals surface area contributed by atoms with Gasteiger partial charge in [0.1, 0.15) is 12.4 Å². The Balaban J connectivity index is 1.76. The Kier molecular flexibility index (Phi) is 5.64. The summed E-state index contributed by atoms with van der Waals surface area (Å²) in [6.45, 7) is 4.73. The van der Waals surface area contributed by atoms with Crippen LogP contribution in [0.3, 0.4) is 0 Å². The van der Waals surface area contributed by atoms with E-state index in [4.69, 9.17) is 9.84 Å². The highest BCUT2D eigenvalue weighted by Gasteiger charge is 2.08. The zero-order valence-corrected chi connectivity index (χ0v) is 13.5. The van der Waals surface area contributed by atoms with Gasteiger partial charge in [0.15, 0.2) is 11.0 Å². The number of hydrogen-bond donors (Lipinski definition) is 1. The van der Waals surface area contributed by atoms with E-state index in [2.05, 4.69) is 36.2 Å².